The number of aromatic nitrogens is 2. The number of H-pyrrole nitrogens is 1. The molecule has 2 saturated carbocycles. The molecule has 2 N–H and O–H groups in total. The number of anilines is 1. The van der Waals surface area contributed by atoms with Crippen molar-refractivity contribution in [2.75, 3.05) is 5.32 Å². The predicted octanol–water partition coefficient (Wildman–Crippen LogP) is 5.11. The van der Waals surface area contributed by atoms with Crippen LogP contribution in [0.25, 0.3) is 0 Å². The first-order chi connectivity index (χ1) is 16.0. The fourth-order valence-electron chi connectivity index (χ4n) is 5.49. The number of carbonyl (C=O) groups excluding carboxylic acids is 2. The Morgan fingerprint density at radius 3 is 2.41 bits per heavy atom. The van der Waals surface area contributed by atoms with Crippen molar-refractivity contribution in [2.45, 2.75) is 94.9 Å². The lowest BCUT2D eigenvalue weighted by atomic mass is 9.83. The molecule has 2 fully saturated rings. The van der Waals surface area contributed by atoms with Gasteiger partial charge in [-0.3, -0.25) is 14.7 Å². The number of hydrogen-bond donors (Lipinski definition) is 2. The van der Waals surface area contributed by atoms with Crippen LogP contribution < -0.4 is 5.32 Å². The number of nitrogens with zero attached hydrogens (tertiary/aromatic N) is 2. The molecule has 2 heterocycles. The second-order valence-electron chi connectivity index (χ2n) is 11.7. The molecule has 1 aliphatic heterocycles. The molecule has 34 heavy (non-hydrogen) atoms. The van der Waals surface area contributed by atoms with Gasteiger partial charge in [-0.05, 0) is 45.1 Å². The van der Waals surface area contributed by atoms with Crippen molar-refractivity contribution in [2.24, 2.45) is 0 Å². The van der Waals surface area contributed by atoms with Crippen LogP contribution in [0.5, 0.6) is 0 Å². The molecule has 1 atom stereocenters. The van der Waals surface area contributed by atoms with Gasteiger partial charge in [0.2, 0.25) is 5.91 Å². The van der Waals surface area contributed by atoms with Crippen LogP contribution in [0.15, 0.2) is 30.3 Å². The third-order valence-electron chi connectivity index (χ3n) is 8.22. The maximum Gasteiger partial charge on any atom is 0.257 e. The fraction of sp³-hybridized carbons (Fsp3) is 0.577. The van der Waals surface area contributed by atoms with E-state index in [0.29, 0.717) is 12.4 Å². The Balaban J connectivity index is 1.40. The number of nitrogens with one attached hydrogen (secondary N) is 2. The van der Waals surface area contributed by atoms with Gasteiger partial charge in [-0.1, -0.05) is 56.4 Å². The molecule has 0 radical (unpaired) electrons. The SMILES string of the molecule is CC1(C)c2[nH]nc(NC(=O)C3([Si](C)(C)C)CCC3)c2CN1C(=O)[C@H](OC1CC1)c1ccccc1. The molecule has 0 saturated heterocycles. The number of rotatable bonds is 7. The second kappa shape index (κ2) is 8.05. The Hall–Kier alpha value is -2.45. The summed E-state index contributed by atoms with van der Waals surface area (Å²) in [7, 11) is -1.70. The average Bonchev–Trinajstić information content (AvgIpc) is 3.40. The van der Waals surface area contributed by atoms with Crippen molar-refractivity contribution in [3.63, 3.8) is 0 Å². The summed E-state index contributed by atoms with van der Waals surface area (Å²) in [5.74, 6) is 0.601. The van der Waals surface area contributed by atoms with E-state index in [0.717, 1.165) is 48.9 Å². The van der Waals surface area contributed by atoms with Gasteiger partial charge >= 0.3 is 0 Å². The smallest absolute Gasteiger partial charge is 0.257 e. The van der Waals surface area contributed by atoms with E-state index in [4.69, 9.17) is 4.74 Å². The average molecular weight is 481 g/mol. The number of carbonyl (C=O) groups is 2. The van der Waals surface area contributed by atoms with Gasteiger partial charge in [0.15, 0.2) is 11.9 Å². The Kier molecular flexibility index (Phi) is 5.52. The highest BCUT2D eigenvalue weighted by molar-refractivity contribution is 6.83. The van der Waals surface area contributed by atoms with Crippen molar-refractivity contribution in [3.05, 3.63) is 47.2 Å². The molecular formula is C26H36N4O3Si. The van der Waals surface area contributed by atoms with Gasteiger partial charge in [0.25, 0.3) is 5.91 Å². The van der Waals surface area contributed by atoms with Crippen LogP contribution in [0, 0.1) is 0 Å². The summed E-state index contributed by atoms with van der Waals surface area (Å²) in [6.07, 6.45) is 4.52. The zero-order chi connectivity index (χ0) is 24.3. The van der Waals surface area contributed by atoms with Gasteiger partial charge in [0, 0.05) is 10.6 Å². The summed E-state index contributed by atoms with van der Waals surface area (Å²) in [5, 5.41) is 10.5. The third-order valence-corrected chi connectivity index (χ3v) is 11.8. The molecule has 2 aromatic rings. The lowest BCUT2D eigenvalue weighted by Gasteiger charge is -2.48. The molecule has 182 valence electrons. The highest BCUT2D eigenvalue weighted by atomic mass is 28.3. The van der Waals surface area contributed by atoms with Crippen LogP contribution in [0.4, 0.5) is 5.82 Å². The van der Waals surface area contributed by atoms with Crippen LogP contribution in [0.3, 0.4) is 0 Å². The Labute approximate surface area is 202 Å². The van der Waals surface area contributed by atoms with Gasteiger partial charge in [-0.25, -0.2) is 0 Å². The molecule has 8 heteroatoms. The fourth-order valence-corrected chi connectivity index (χ4v) is 8.09. The van der Waals surface area contributed by atoms with Gasteiger partial charge in [-0.2, -0.15) is 5.10 Å². The van der Waals surface area contributed by atoms with Crippen LogP contribution in [-0.2, 0) is 26.4 Å². The van der Waals surface area contributed by atoms with Gasteiger partial charge in [0.1, 0.15) is 0 Å². The lowest BCUT2D eigenvalue weighted by Crippen LogP contribution is -2.52. The molecule has 0 spiro atoms. The van der Waals surface area contributed by atoms with Gasteiger partial charge < -0.3 is 15.0 Å². The summed E-state index contributed by atoms with van der Waals surface area (Å²) in [6.45, 7) is 11.3. The quantitative estimate of drug-likeness (QED) is 0.539. The zero-order valence-electron chi connectivity index (χ0n) is 20.9. The van der Waals surface area contributed by atoms with Crippen LogP contribution in [0.2, 0.25) is 24.7 Å². The summed E-state index contributed by atoms with van der Waals surface area (Å²) >= 11 is 0. The van der Waals surface area contributed by atoms with E-state index in [1.54, 1.807) is 0 Å². The molecule has 0 bridgehead atoms. The monoisotopic (exact) mass is 480 g/mol. The van der Waals surface area contributed by atoms with E-state index in [-0.39, 0.29) is 23.0 Å². The number of benzene rings is 1. The van der Waals surface area contributed by atoms with E-state index in [1.807, 2.05) is 49.1 Å². The molecule has 5 rings (SSSR count). The van der Waals surface area contributed by atoms with E-state index in [1.165, 1.54) is 0 Å². The predicted molar refractivity (Wildman–Crippen MR) is 134 cm³/mol. The normalized spacial score (nSPS) is 21.5. The standard InChI is InChI=1S/C26H36N4O3Si/c1-25(2)21-19(22(29-28-21)27-24(32)26(14-9-15-26)34(3,4)5)16-30(25)23(31)20(33-18-12-13-18)17-10-7-6-8-11-17/h6-8,10-11,18,20H,9,12-16H2,1-5H3,(H2,27,28,29,32)/t20-/m1/s1. The number of fused-ring (bicyclic) bond motifs is 1. The molecule has 2 amide bonds. The lowest BCUT2D eigenvalue weighted by molar-refractivity contribution is -0.151. The zero-order valence-corrected chi connectivity index (χ0v) is 21.9. The van der Waals surface area contributed by atoms with E-state index >= 15 is 0 Å². The van der Waals surface area contributed by atoms with Crippen molar-refractivity contribution in [1.82, 2.24) is 15.1 Å². The Morgan fingerprint density at radius 2 is 1.85 bits per heavy atom. The summed E-state index contributed by atoms with van der Waals surface area (Å²) in [4.78, 5) is 29.1. The Bertz CT molecular complexity index is 1100. The summed E-state index contributed by atoms with van der Waals surface area (Å²) in [6, 6.07) is 9.73. The molecule has 1 aromatic heterocycles. The number of amides is 2. The minimum atomic E-state index is -1.70. The molecule has 3 aliphatic rings. The number of hydrogen-bond acceptors (Lipinski definition) is 4. The van der Waals surface area contributed by atoms with Gasteiger partial charge in [-0.15, -0.1) is 0 Å². The summed E-state index contributed by atoms with van der Waals surface area (Å²) < 4.78 is 6.21. The molecule has 1 aromatic carbocycles. The van der Waals surface area contributed by atoms with Gasteiger partial charge in [0.05, 0.1) is 32.0 Å². The van der Waals surface area contributed by atoms with Crippen molar-refractivity contribution >= 4 is 25.7 Å². The minimum absolute atomic E-state index is 0.0532. The maximum absolute atomic E-state index is 13.9. The van der Waals surface area contributed by atoms with Crippen LogP contribution in [0.1, 0.15) is 68.9 Å². The number of ether oxygens (including phenoxy) is 1. The van der Waals surface area contributed by atoms with E-state index in [2.05, 4.69) is 35.2 Å². The number of aromatic amines is 1. The minimum Gasteiger partial charge on any atom is -0.360 e. The second-order valence-corrected chi connectivity index (χ2v) is 17.1. The molecule has 7 nitrogen and oxygen atoms in total. The topological polar surface area (TPSA) is 87.3 Å². The largest absolute Gasteiger partial charge is 0.360 e. The van der Waals surface area contributed by atoms with Crippen molar-refractivity contribution in [1.29, 1.82) is 0 Å². The highest BCUT2D eigenvalue weighted by Crippen LogP contribution is 2.56. The Morgan fingerprint density at radius 1 is 1.18 bits per heavy atom. The molecular weight excluding hydrogens is 444 g/mol. The van der Waals surface area contributed by atoms with Crippen molar-refractivity contribution in [3.8, 4) is 0 Å². The third kappa shape index (κ3) is 3.71. The summed E-state index contributed by atoms with van der Waals surface area (Å²) in [5.41, 5.74) is 2.06. The van der Waals surface area contributed by atoms with E-state index in [9.17, 15) is 9.59 Å². The maximum atomic E-state index is 13.9. The van der Waals surface area contributed by atoms with Crippen LogP contribution >= 0.6 is 0 Å². The van der Waals surface area contributed by atoms with E-state index < -0.39 is 19.7 Å². The van der Waals surface area contributed by atoms with Crippen molar-refractivity contribution < 1.29 is 14.3 Å². The first kappa shape index (κ1) is 23.3. The molecule has 2 aliphatic carbocycles. The first-order valence-corrected chi connectivity index (χ1v) is 16.0. The highest BCUT2D eigenvalue weighted by Gasteiger charge is 2.54. The molecule has 0 unspecified atom stereocenters. The van der Waals surface area contributed by atoms with Crippen LogP contribution in [-0.4, -0.2) is 41.1 Å². The first-order valence-electron chi connectivity index (χ1n) is 12.5.